The fraction of sp³-hybridized carbons (Fsp3) is 1.00. The second kappa shape index (κ2) is 5.51. The Morgan fingerprint density at radius 2 is 1.76 bits per heavy atom. The Kier molecular flexibility index (Phi) is 4.24. The first-order valence-electron chi connectivity index (χ1n) is 5.92. The first-order valence-corrected chi connectivity index (χ1v) is 5.92. The van der Waals surface area contributed by atoms with E-state index in [1.54, 1.807) is 0 Å². The molecule has 0 spiro atoms. The Hall–Kier alpha value is -0.370. The highest BCUT2D eigenvalue weighted by Gasteiger charge is 2.30. The predicted molar refractivity (Wildman–Crippen MR) is 56.7 cm³/mol. The minimum atomic E-state index is -4.50. The van der Waals surface area contributed by atoms with Gasteiger partial charge in [0.05, 0.1) is 6.61 Å². The summed E-state index contributed by atoms with van der Waals surface area (Å²) in [6.45, 7) is 5.71. The zero-order valence-electron chi connectivity index (χ0n) is 9.67. The lowest BCUT2D eigenvalue weighted by Crippen LogP contribution is -2.61. The second-order valence-electron chi connectivity index (χ2n) is 4.48. The van der Waals surface area contributed by atoms with Crippen LogP contribution in [0.25, 0.3) is 0 Å². The summed E-state index contributed by atoms with van der Waals surface area (Å²) in [7, 11) is 0. The third-order valence-corrected chi connectivity index (χ3v) is 3.36. The van der Waals surface area contributed by atoms with Crippen LogP contribution in [0.1, 0.15) is 0 Å². The van der Waals surface area contributed by atoms with Crippen LogP contribution in [0.5, 0.6) is 0 Å². The average Bonchev–Trinajstić information content (AvgIpc) is 2.16. The SMILES string of the molecule is FC(F)(F)OCCN1CCN(C2CNC2)CC1. The average molecular weight is 253 g/mol. The smallest absolute Gasteiger partial charge is 0.314 e. The van der Waals surface area contributed by atoms with Crippen molar-refractivity contribution in [3.05, 3.63) is 0 Å². The van der Waals surface area contributed by atoms with Gasteiger partial charge in [0, 0.05) is 51.9 Å². The molecule has 1 N–H and O–H groups in total. The molecule has 2 fully saturated rings. The highest BCUT2D eigenvalue weighted by Crippen LogP contribution is 2.16. The number of hydrogen-bond donors (Lipinski definition) is 1. The van der Waals surface area contributed by atoms with Crippen molar-refractivity contribution in [3.8, 4) is 0 Å². The standard InChI is InChI=1S/C10H18F3N3O/c11-10(12,13)17-6-5-15-1-3-16(4-2-15)9-7-14-8-9/h9,14H,1-8H2. The number of ether oxygens (including phenoxy) is 1. The summed E-state index contributed by atoms with van der Waals surface area (Å²) in [6, 6.07) is 0.628. The summed E-state index contributed by atoms with van der Waals surface area (Å²) in [6.07, 6.45) is -4.50. The van der Waals surface area contributed by atoms with Gasteiger partial charge in [0.25, 0.3) is 0 Å². The van der Waals surface area contributed by atoms with E-state index in [1.807, 2.05) is 4.90 Å². The van der Waals surface area contributed by atoms with Gasteiger partial charge in [0.15, 0.2) is 0 Å². The molecule has 17 heavy (non-hydrogen) atoms. The van der Waals surface area contributed by atoms with Crippen LogP contribution in [0.2, 0.25) is 0 Å². The van der Waals surface area contributed by atoms with Gasteiger partial charge in [-0.15, -0.1) is 13.2 Å². The number of alkyl halides is 3. The Balaban J connectivity index is 1.58. The van der Waals surface area contributed by atoms with Crippen LogP contribution in [-0.2, 0) is 4.74 Å². The van der Waals surface area contributed by atoms with E-state index in [0.717, 1.165) is 39.3 Å². The Bertz CT molecular complexity index is 237. The maximum Gasteiger partial charge on any atom is 0.522 e. The number of nitrogens with zero attached hydrogens (tertiary/aromatic N) is 2. The van der Waals surface area contributed by atoms with Gasteiger partial charge >= 0.3 is 6.36 Å². The van der Waals surface area contributed by atoms with Crippen molar-refractivity contribution in [2.45, 2.75) is 12.4 Å². The number of rotatable bonds is 4. The Labute approximate surface area is 98.7 Å². The largest absolute Gasteiger partial charge is 0.522 e. The number of piperazine rings is 1. The molecule has 0 atom stereocenters. The van der Waals surface area contributed by atoms with Crippen molar-refractivity contribution < 1.29 is 17.9 Å². The highest BCUT2D eigenvalue weighted by atomic mass is 19.4. The first kappa shape index (κ1) is 13.1. The fourth-order valence-electron chi connectivity index (χ4n) is 2.17. The topological polar surface area (TPSA) is 27.7 Å². The maximum atomic E-state index is 11.8. The van der Waals surface area contributed by atoms with Crippen LogP contribution in [0.4, 0.5) is 13.2 Å². The monoisotopic (exact) mass is 253 g/mol. The minimum absolute atomic E-state index is 0.269. The van der Waals surface area contributed by atoms with Crippen LogP contribution in [0.15, 0.2) is 0 Å². The molecule has 7 heteroatoms. The lowest BCUT2D eigenvalue weighted by atomic mass is 10.1. The molecule has 0 saturated carbocycles. The molecule has 0 aromatic carbocycles. The minimum Gasteiger partial charge on any atom is -0.314 e. The van der Waals surface area contributed by atoms with Gasteiger partial charge in [-0.2, -0.15) is 0 Å². The Morgan fingerprint density at radius 3 is 2.24 bits per heavy atom. The van der Waals surface area contributed by atoms with Gasteiger partial charge in [0.1, 0.15) is 0 Å². The molecule has 2 aliphatic heterocycles. The molecule has 2 heterocycles. The van der Waals surface area contributed by atoms with E-state index in [2.05, 4.69) is 15.0 Å². The normalized spacial score (nSPS) is 24.9. The zero-order chi connectivity index (χ0) is 12.3. The van der Waals surface area contributed by atoms with Crippen LogP contribution in [-0.4, -0.2) is 74.6 Å². The van der Waals surface area contributed by atoms with Crippen molar-refractivity contribution in [1.29, 1.82) is 0 Å². The molecule has 0 unspecified atom stereocenters. The summed E-state index contributed by atoms with van der Waals surface area (Å²) >= 11 is 0. The summed E-state index contributed by atoms with van der Waals surface area (Å²) in [4.78, 5) is 4.42. The van der Waals surface area contributed by atoms with E-state index in [9.17, 15) is 13.2 Å². The maximum absolute atomic E-state index is 11.8. The van der Waals surface area contributed by atoms with Gasteiger partial charge in [-0.3, -0.25) is 14.5 Å². The third kappa shape index (κ3) is 4.09. The molecule has 2 saturated heterocycles. The van der Waals surface area contributed by atoms with E-state index in [0.29, 0.717) is 12.6 Å². The summed E-state index contributed by atoms with van der Waals surface area (Å²) in [5, 5.41) is 3.22. The second-order valence-corrected chi connectivity index (χ2v) is 4.48. The van der Waals surface area contributed by atoms with E-state index in [4.69, 9.17) is 0 Å². The van der Waals surface area contributed by atoms with Crippen molar-refractivity contribution in [1.82, 2.24) is 15.1 Å². The van der Waals surface area contributed by atoms with Crippen molar-refractivity contribution >= 4 is 0 Å². The number of nitrogens with one attached hydrogen (secondary N) is 1. The fourth-order valence-corrected chi connectivity index (χ4v) is 2.17. The molecule has 0 amide bonds. The van der Waals surface area contributed by atoms with E-state index in [-0.39, 0.29) is 6.61 Å². The molecule has 0 aromatic heterocycles. The summed E-state index contributed by atoms with van der Waals surface area (Å²) < 4.78 is 39.1. The quantitative estimate of drug-likeness (QED) is 0.770. The van der Waals surface area contributed by atoms with Crippen molar-refractivity contribution in [3.63, 3.8) is 0 Å². The molecule has 2 aliphatic rings. The third-order valence-electron chi connectivity index (χ3n) is 3.36. The predicted octanol–water partition coefficient (Wildman–Crippen LogP) is 0.112. The van der Waals surface area contributed by atoms with Crippen LogP contribution in [0, 0.1) is 0 Å². The molecule has 2 rings (SSSR count). The lowest BCUT2D eigenvalue weighted by molar-refractivity contribution is -0.325. The van der Waals surface area contributed by atoms with Gasteiger partial charge in [-0.05, 0) is 0 Å². The molecule has 0 radical (unpaired) electrons. The lowest BCUT2D eigenvalue weighted by Gasteiger charge is -2.43. The van der Waals surface area contributed by atoms with Gasteiger partial charge in [0.2, 0.25) is 0 Å². The van der Waals surface area contributed by atoms with E-state index >= 15 is 0 Å². The van der Waals surface area contributed by atoms with Gasteiger partial charge in [-0.1, -0.05) is 0 Å². The van der Waals surface area contributed by atoms with Crippen LogP contribution in [0.3, 0.4) is 0 Å². The van der Waals surface area contributed by atoms with Crippen molar-refractivity contribution in [2.24, 2.45) is 0 Å². The molecule has 0 aromatic rings. The summed E-state index contributed by atoms with van der Waals surface area (Å²) in [5.41, 5.74) is 0. The molecular weight excluding hydrogens is 235 g/mol. The van der Waals surface area contributed by atoms with Gasteiger partial charge in [-0.25, -0.2) is 0 Å². The molecule has 0 aliphatic carbocycles. The van der Waals surface area contributed by atoms with Crippen LogP contribution >= 0.6 is 0 Å². The van der Waals surface area contributed by atoms with E-state index < -0.39 is 6.36 Å². The van der Waals surface area contributed by atoms with E-state index in [1.165, 1.54) is 0 Å². The molecule has 100 valence electrons. The Morgan fingerprint density at radius 1 is 1.12 bits per heavy atom. The van der Waals surface area contributed by atoms with Crippen molar-refractivity contribution in [2.75, 3.05) is 52.4 Å². The zero-order valence-corrected chi connectivity index (χ0v) is 9.67. The highest BCUT2D eigenvalue weighted by molar-refractivity contribution is 4.87. The molecule has 0 bridgehead atoms. The number of halogens is 3. The molecule has 4 nitrogen and oxygen atoms in total. The first-order chi connectivity index (χ1) is 8.04. The van der Waals surface area contributed by atoms with Gasteiger partial charge < -0.3 is 5.32 Å². The number of hydrogen-bond acceptors (Lipinski definition) is 4. The summed E-state index contributed by atoms with van der Waals surface area (Å²) in [5.74, 6) is 0. The molecular formula is C10H18F3N3O. The van der Waals surface area contributed by atoms with Crippen LogP contribution < -0.4 is 5.32 Å².